The van der Waals surface area contributed by atoms with Gasteiger partial charge in [0.25, 0.3) is 15.9 Å². The molecular formula is C16H17N3O4S. The summed E-state index contributed by atoms with van der Waals surface area (Å²) in [6.07, 6.45) is 2.97. The smallest absolute Gasteiger partial charge is 0.291 e. The molecule has 0 saturated carbocycles. The van der Waals surface area contributed by atoms with Gasteiger partial charge in [0, 0.05) is 25.7 Å². The SMILES string of the molecule is CN1CCC/C1=N\S(=O)(=O)c1ccc(NC(=O)c2ccco2)cc1. The Morgan fingerprint density at radius 2 is 2.00 bits per heavy atom. The topological polar surface area (TPSA) is 92.0 Å². The lowest BCUT2D eigenvalue weighted by atomic mass is 10.3. The third-order valence-corrected chi connectivity index (χ3v) is 5.03. The monoisotopic (exact) mass is 347 g/mol. The molecule has 0 aliphatic carbocycles. The van der Waals surface area contributed by atoms with Crippen molar-refractivity contribution in [3.8, 4) is 0 Å². The Bertz CT molecular complexity index is 855. The third-order valence-electron chi connectivity index (χ3n) is 3.72. The Morgan fingerprint density at radius 1 is 1.25 bits per heavy atom. The second-order valence-electron chi connectivity index (χ2n) is 5.46. The summed E-state index contributed by atoms with van der Waals surface area (Å²) in [5.74, 6) is 0.357. The lowest BCUT2D eigenvalue weighted by Gasteiger charge is -2.11. The van der Waals surface area contributed by atoms with E-state index in [9.17, 15) is 13.2 Å². The molecule has 0 atom stereocenters. The van der Waals surface area contributed by atoms with Crippen LogP contribution in [0.1, 0.15) is 23.4 Å². The highest BCUT2D eigenvalue weighted by molar-refractivity contribution is 7.90. The Balaban J connectivity index is 1.75. The van der Waals surface area contributed by atoms with E-state index in [4.69, 9.17) is 4.42 Å². The molecule has 0 bridgehead atoms. The van der Waals surface area contributed by atoms with Crippen molar-refractivity contribution < 1.29 is 17.6 Å². The number of rotatable bonds is 4. The van der Waals surface area contributed by atoms with Crippen LogP contribution >= 0.6 is 0 Å². The highest BCUT2D eigenvalue weighted by Gasteiger charge is 2.20. The number of anilines is 1. The zero-order chi connectivity index (χ0) is 17.2. The maximum atomic E-state index is 12.3. The van der Waals surface area contributed by atoms with Crippen LogP contribution in [0.2, 0.25) is 0 Å². The molecule has 1 aliphatic heterocycles. The van der Waals surface area contributed by atoms with Gasteiger partial charge in [0.2, 0.25) is 0 Å². The maximum absolute atomic E-state index is 12.3. The average Bonchev–Trinajstić information content (AvgIpc) is 3.20. The number of sulfonamides is 1. The number of hydrogen-bond donors (Lipinski definition) is 1. The fourth-order valence-corrected chi connectivity index (χ4v) is 3.51. The maximum Gasteiger partial charge on any atom is 0.291 e. The number of furan rings is 1. The lowest BCUT2D eigenvalue weighted by molar-refractivity contribution is 0.0996. The molecule has 1 saturated heterocycles. The van der Waals surface area contributed by atoms with Crippen LogP contribution in [-0.4, -0.2) is 38.7 Å². The van der Waals surface area contributed by atoms with Crippen molar-refractivity contribution in [2.45, 2.75) is 17.7 Å². The second kappa shape index (κ2) is 6.48. The molecule has 0 spiro atoms. The van der Waals surface area contributed by atoms with E-state index in [-0.39, 0.29) is 10.7 Å². The highest BCUT2D eigenvalue weighted by atomic mass is 32.2. The van der Waals surface area contributed by atoms with Gasteiger partial charge in [0.05, 0.1) is 11.2 Å². The van der Waals surface area contributed by atoms with Gasteiger partial charge in [0.1, 0.15) is 5.84 Å². The van der Waals surface area contributed by atoms with Gasteiger partial charge >= 0.3 is 0 Å². The molecular weight excluding hydrogens is 330 g/mol. The number of carbonyl (C=O) groups is 1. The van der Waals surface area contributed by atoms with Gasteiger partial charge < -0.3 is 14.6 Å². The van der Waals surface area contributed by atoms with Crippen molar-refractivity contribution in [3.05, 3.63) is 48.4 Å². The van der Waals surface area contributed by atoms with E-state index in [0.29, 0.717) is 17.9 Å². The minimum atomic E-state index is -3.75. The number of nitrogens with one attached hydrogen (secondary N) is 1. The van der Waals surface area contributed by atoms with Crippen molar-refractivity contribution in [1.82, 2.24) is 4.90 Å². The zero-order valence-electron chi connectivity index (χ0n) is 13.1. The zero-order valence-corrected chi connectivity index (χ0v) is 13.9. The van der Waals surface area contributed by atoms with Crippen molar-refractivity contribution in [2.24, 2.45) is 4.40 Å². The van der Waals surface area contributed by atoms with Gasteiger partial charge in [-0.15, -0.1) is 4.40 Å². The first-order valence-electron chi connectivity index (χ1n) is 7.45. The lowest BCUT2D eigenvalue weighted by Crippen LogP contribution is -2.20. The number of nitrogens with zero attached hydrogens (tertiary/aromatic N) is 2. The van der Waals surface area contributed by atoms with Crippen LogP contribution in [0.15, 0.2) is 56.4 Å². The third kappa shape index (κ3) is 3.48. The van der Waals surface area contributed by atoms with Gasteiger partial charge in [0.15, 0.2) is 5.76 Å². The summed E-state index contributed by atoms with van der Waals surface area (Å²) in [5.41, 5.74) is 0.473. The van der Waals surface area contributed by atoms with Gasteiger partial charge in [-0.05, 0) is 42.8 Å². The number of amides is 1. The van der Waals surface area contributed by atoms with E-state index in [0.717, 1.165) is 13.0 Å². The predicted molar refractivity (Wildman–Crippen MR) is 89.6 cm³/mol. The number of benzene rings is 1. The molecule has 1 aliphatic rings. The fourth-order valence-electron chi connectivity index (χ4n) is 2.41. The molecule has 3 rings (SSSR count). The average molecular weight is 347 g/mol. The second-order valence-corrected chi connectivity index (χ2v) is 7.07. The number of likely N-dealkylation sites (tertiary alicyclic amines) is 1. The Kier molecular flexibility index (Phi) is 4.39. The van der Waals surface area contributed by atoms with Crippen LogP contribution in [0.4, 0.5) is 5.69 Å². The van der Waals surface area contributed by atoms with Crippen molar-refractivity contribution in [2.75, 3.05) is 18.9 Å². The van der Waals surface area contributed by atoms with Crippen LogP contribution in [0.5, 0.6) is 0 Å². The van der Waals surface area contributed by atoms with E-state index in [2.05, 4.69) is 9.71 Å². The molecule has 126 valence electrons. The molecule has 1 fully saturated rings. The van der Waals surface area contributed by atoms with Crippen molar-refractivity contribution >= 4 is 27.5 Å². The van der Waals surface area contributed by atoms with Crippen LogP contribution in [0.3, 0.4) is 0 Å². The molecule has 24 heavy (non-hydrogen) atoms. The molecule has 2 heterocycles. The highest BCUT2D eigenvalue weighted by Crippen LogP contribution is 2.19. The fraction of sp³-hybridized carbons (Fsp3) is 0.250. The summed E-state index contributed by atoms with van der Waals surface area (Å²) in [5, 5.41) is 2.63. The first-order chi connectivity index (χ1) is 11.5. The summed E-state index contributed by atoms with van der Waals surface area (Å²) >= 11 is 0. The molecule has 7 nitrogen and oxygen atoms in total. The minimum absolute atomic E-state index is 0.0892. The molecule has 1 N–H and O–H groups in total. The van der Waals surface area contributed by atoms with Gasteiger partial charge in [-0.3, -0.25) is 4.79 Å². The van der Waals surface area contributed by atoms with E-state index >= 15 is 0 Å². The quantitative estimate of drug-likeness (QED) is 0.916. The summed E-state index contributed by atoms with van der Waals surface area (Å²) < 4.78 is 33.6. The molecule has 1 aromatic carbocycles. The van der Waals surface area contributed by atoms with Crippen molar-refractivity contribution in [1.29, 1.82) is 0 Å². The first-order valence-corrected chi connectivity index (χ1v) is 8.89. The molecule has 1 aromatic heterocycles. The summed E-state index contributed by atoms with van der Waals surface area (Å²) in [4.78, 5) is 13.8. The Labute approximate surface area is 140 Å². The van der Waals surface area contributed by atoms with Gasteiger partial charge in [-0.1, -0.05) is 0 Å². The number of carbonyl (C=O) groups excluding carboxylic acids is 1. The predicted octanol–water partition coefficient (Wildman–Crippen LogP) is 2.34. The van der Waals surface area contributed by atoms with Crippen LogP contribution in [0.25, 0.3) is 0 Å². The number of hydrogen-bond acceptors (Lipinski definition) is 4. The Hall–Kier alpha value is -2.61. The molecule has 0 unspecified atom stereocenters. The number of amidine groups is 1. The Morgan fingerprint density at radius 3 is 2.58 bits per heavy atom. The molecule has 1 amide bonds. The van der Waals surface area contributed by atoms with Crippen LogP contribution in [0, 0.1) is 0 Å². The van der Waals surface area contributed by atoms with Gasteiger partial charge in [-0.2, -0.15) is 8.42 Å². The van der Waals surface area contributed by atoms with E-state index < -0.39 is 15.9 Å². The molecule has 0 radical (unpaired) electrons. The minimum Gasteiger partial charge on any atom is -0.459 e. The molecule has 2 aromatic rings. The van der Waals surface area contributed by atoms with Crippen molar-refractivity contribution in [3.63, 3.8) is 0 Å². The van der Waals surface area contributed by atoms with E-state index in [1.807, 2.05) is 11.9 Å². The normalized spacial score (nSPS) is 16.5. The van der Waals surface area contributed by atoms with Crippen LogP contribution in [-0.2, 0) is 10.0 Å². The van der Waals surface area contributed by atoms with E-state index in [1.165, 1.54) is 30.5 Å². The van der Waals surface area contributed by atoms with E-state index in [1.54, 1.807) is 12.1 Å². The standard InChI is InChI=1S/C16H17N3O4S/c1-19-10-2-5-15(19)18-24(21,22)13-8-6-12(7-9-13)17-16(20)14-4-3-11-23-14/h3-4,6-9,11H,2,5,10H2,1H3,(H,17,20)/b18-15+. The summed E-state index contributed by atoms with van der Waals surface area (Å²) in [6.45, 7) is 0.812. The molecule has 8 heteroatoms. The first kappa shape index (κ1) is 16.3. The van der Waals surface area contributed by atoms with Crippen LogP contribution < -0.4 is 5.32 Å². The summed E-state index contributed by atoms with van der Waals surface area (Å²) in [6, 6.07) is 9.04. The van der Waals surface area contributed by atoms with Gasteiger partial charge in [-0.25, -0.2) is 0 Å². The summed E-state index contributed by atoms with van der Waals surface area (Å²) in [7, 11) is -1.92. The largest absolute Gasteiger partial charge is 0.459 e.